The fourth-order valence-corrected chi connectivity index (χ4v) is 3.06. The first-order valence-electron chi connectivity index (χ1n) is 8.69. The lowest BCUT2D eigenvalue weighted by Crippen LogP contribution is -2.16. The third kappa shape index (κ3) is 5.35. The molecule has 0 fully saturated rings. The molecule has 1 aliphatic rings. The summed E-state index contributed by atoms with van der Waals surface area (Å²) >= 11 is 0. The first kappa shape index (κ1) is 21.0. The number of hydrogen-bond acceptors (Lipinski definition) is 4. The van der Waals surface area contributed by atoms with Crippen LogP contribution in [-0.4, -0.2) is 24.0 Å². The van der Waals surface area contributed by atoms with Crippen LogP contribution in [0.25, 0.3) is 0 Å². The number of ether oxygens (including phenoxy) is 2. The van der Waals surface area contributed by atoms with Gasteiger partial charge in [0.25, 0.3) is 0 Å². The highest BCUT2D eigenvalue weighted by molar-refractivity contribution is 5.90. The summed E-state index contributed by atoms with van der Waals surface area (Å²) in [7, 11) is 0. The lowest BCUT2D eigenvalue weighted by molar-refractivity contribution is -0.139. The van der Waals surface area contributed by atoms with Crippen molar-refractivity contribution < 1.29 is 32.5 Å². The molecule has 0 aromatic heterocycles. The maximum absolute atomic E-state index is 13.1. The summed E-state index contributed by atoms with van der Waals surface area (Å²) in [5.41, 5.74) is 1.34. The van der Waals surface area contributed by atoms with E-state index in [0.29, 0.717) is 18.4 Å². The molecule has 4 nitrogen and oxygen atoms in total. The Hall–Kier alpha value is -2.28. The van der Waals surface area contributed by atoms with Gasteiger partial charge in [0.15, 0.2) is 0 Å². The molecule has 2 rings (SSSR count). The van der Waals surface area contributed by atoms with Gasteiger partial charge in [-0.1, -0.05) is 11.6 Å². The molecule has 1 aromatic carbocycles. The van der Waals surface area contributed by atoms with Crippen LogP contribution in [0.2, 0.25) is 0 Å². The number of fused-ring (bicyclic) bond motifs is 1. The molecular weight excluding hydrogens is 361 g/mol. The quantitative estimate of drug-likeness (QED) is 0.258. The number of halogens is 3. The zero-order valence-electron chi connectivity index (χ0n) is 15.5. The summed E-state index contributed by atoms with van der Waals surface area (Å²) in [5.74, 6) is -1.25. The molecule has 0 aliphatic heterocycles. The minimum Gasteiger partial charge on any atom is -0.468 e. The Morgan fingerprint density at radius 2 is 2.07 bits per heavy atom. The Labute approximate surface area is 156 Å². The van der Waals surface area contributed by atoms with Crippen LogP contribution in [0.15, 0.2) is 41.7 Å². The average molecular weight is 384 g/mol. The molecule has 1 aromatic rings. The Kier molecular flexibility index (Phi) is 6.70. The minimum atomic E-state index is -4.47. The summed E-state index contributed by atoms with van der Waals surface area (Å²) in [4.78, 5) is 12.4. The van der Waals surface area contributed by atoms with E-state index in [1.54, 1.807) is 20.8 Å². The summed E-state index contributed by atoms with van der Waals surface area (Å²) in [5, 5.41) is 9.82. The second kappa shape index (κ2) is 8.61. The summed E-state index contributed by atoms with van der Waals surface area (Å²) in [6.07, 6.45) is -2.17. The van der Waals surface area contributed by atoms with E-state index < -0.39 is 29.9 Å². The fraction of sp³-hybridized carbons (Fsp3) is 0.450. The second-order valence-corrected chi connectivity index (χ2v) is 6.57. The molecule has 148 valence electrons. The SMILES string of the molecule is CCOC(=O)/C(=C/OC(O)C=C(C)C)C1CCc2ccc(C(F)(F)F)cc21. The molecular formula is C20H23F3O4. The molecule has 0 bridgehead atoms. The van der Waals surface area contributed by atoms with Crippen molar-refractivity contribution in [1.82, 2.24) is 0 Å². The van der Waals surface area contributed by atoms with Crippen molar-refractivity contribution >= 4 is 5.97 Å². The van der Waals surface area contributed by atoms with Crippen LogP contribution in [0.4, 0.5) is 13.2 Å². The number of benzene rings is 1. The standard InChI is InChI=1S/C20H23F3O4/c1-4-26-19(25)17(11-27-18(24)9-12(2)3)15-8-6-13-5-7-14(10-16(13)15)20(21,22)23/h5,7,9-11,15,18,24H,4,6,8H2,1-3H3/b17-11+. The highest BCUT2D eigenvalue weighted by Gasteiger charge is 2.35. The number of esters is 1. The molecule has 0 heterocycles. The molecule has 27 heavy (non-hydrogen) atoms. The molecule has 1 aliphatic carbocycles. The maximum atomic E-state index is 13.1. The van der Waals surface area contributed by atoms with Crippen LogP contribution < -0.4 is 0 Å². The van der Waals surface area contributed by atoms with E-state index in [0.717, 1.165) is 29.5 Å². The summed E-state index contributed by atoms with van der Waals surface area (Å²) < 4.78 is 49.4. The van der Waals surface area contributed by atoms with E-state index in [-0.39, 0.29) is 12.2 Å². The minimum absolute atomic E-state index is 0.0936. The van der Waals surface area contributed by atoms with Gasteiger partial charge in [0.05, 0.1) is 24.0 Å². The third-order valence-corrected chi connectivity index (χ3v) is 4.25. The predicted molar refractivity (Wildman–Crippen MR) is 93.7 cm³/mol. The molecule has 7 heteroatoms. The van der Waals surface area contributed by atoms with Gasteiger partial charge in [0.1, 0.15) is 0 Å². The van der Waals surface area contributed by atoms with E-state index in [4.69, 9.17) is 9.47 Å². The summed E-state index contributed by atoms with van der Waals surface area (Å²) in [6.45, 7) is 5.30. The summed E-state index contributed by atoms with van der Waals surface area (Å²) in [6, 6.07) is 3.57. The van der Waals surface area contributed by atoms with E-state index in [2.05, 4.69) is 0 Å². The molecule has 0 amide bonds. The van der Waals surface area contributed by atoms with Gasteiger partial charge >= 0.3 is 12.1 Å². The molecule has 0 radical (unpaired) electrons. The fourth-order valence-electron chi connectivity index (χ4n) is 3.06. The number of aryl methyl sites for hydroxylation is 1. The van der Waals surface area contributed by atoms with E-state index in [1.165, 1.54) is 12.1 Å². The normalized spacial score (nSPS) is 17.9. The number of hydrogen-bond donors (Lipinski definition) is 1. The molecule has 1 N–H and O–H groups in total. The van der Waals surface area contributed by atoms with Gasteiger partial charge < -0.3 is 14.6 Å². The van der Waals surface area contributed by atoms with Crippen LogP contribution in [0.3, 0.4) is 0 Å². The van der Waals surface area contributed by atoms with Gasteiger partial charge in [-0.15, -0.1) is 0 Å². The van der Waals surface area contributed by atoms with Gasteiger partial charge in [-0.25, -0.2) is 4.79 Å². The highest BCUT2D eigenvalue weighted by Crippen LogP contribution is 2.41. The molecule has 2 unspecified atom stereocenters. The first-order chi connectivity index (χ1) is 12.6. The molecule has 2 atom stereocenters. The Balaban J connectivity index is 2.38. The van der Waals surface area contributed by atoms with E-state index in [9.17, 15) is 23.1 Å². The van der Waals surface area contributed by atoms with Crippen molar-refractivity contribution in [1.29, 1.82) is 0 Å². The molecule has 0 saturated carbocycles. The van der Waals surface area contributed by atoms with Gasteiger partial charge in [0, 0.05) is 5.92 Å². The van der Waals surface area contributed by atoms with Crippen LogP contribution in [0.5, 0.6) is 0 Å². The predicted octanol–water partition coefficient (Wildman–Crippen LogP) is 4.48. The maximum Gasteiger partial charge on any atom is 0.416 e. The van der Waals surface area contributed by atoms with Crippen LogP contribution in [-0.2, 0) is 26.9 Å². The lowest BCUT2D eigenvalue weighted by Gasteiger charge is -2.17. The number of carbonyl (C=O) groups excluding carboxylic acids is 1. The average Bonchev–Trinajstić information content (AvgIpc) is 2.97. The number of allylic oxidation sites excluding steroid dienone is 1. The monoisotopic (exact) mass is 384 g/mol. The highest BCUT2D eigenvalue weighted by atomic mass is 19.4. The first-order valence-corrected chi connectivity index (χ1v) is 8.69. The van der Waals surface area contributed by atoms with Gasteiger partial charge in [-0.3, -0.25) is 0 Å². The number of carbonyl (C=O) groups is 1. The zero-order valence-corrected chi connectivity index (χ0v) is 15.5. The topological polar surface area (TPSA) is 55.8 Å². The van der Waals surface area contributed by atoms with Crippen molar-refractivity contribution in [3.05, 3.63) is 58.4 Å². The van der Waals surface area contributed by atoms with Crippen LogP contribution >= 0.6 is 0 Å². The number of aliphatic hydroxyl groups excluding tert-OH is 1. The van der Waals surface area contributed by atoms with Crippen molar-refractivity contribution in [3.8, 4) is 0 Å². The second-order valence-electron chi connectivity index (χ2n) is 6.57. The largest absolute Gasteiger partial charge is 0.468 e. The number of rotatable bonds is 6. The van der Waals surface area contributed by atoms with Crippen molar-refractivity contribution in [2.45, 2.75) is 52.0 Å². The lowest BCUT2D eigenvalue weighted by atomic mass is 9.92. The van der Waals surface area contributed by atoms with Gasteiger partial charge in [0.2, 0.25) is 6.29 Å². The Bertz CT molecular complexity index is 746. The van der Waals surface area contributed by atoms with Gasteiger partial charge in [-0.2, -0.15) is 13.2 Å². The Morgan fingerprint density at radius 3 is 2.67 bits per heavy atom. The smallest absolute Gasteiger partial charge is 0.416 e. The number of aliphatic hydroxyl groups is 1. The van der Waals surface area contributed by atoms with Crippen LogP contribution in [0.1, 0.15) is 49.8 Å². The van der Waals surface area contributed by atoms with Gasteiger partial charge in [-0.05, 0) is 62.9 Å². The Morgan fingerprint density at radius 1 is 1.37 bits per heavy atom. The zero-order chi connectivity index (χ0) is 20.2. The van der Waals surface area contributed by atoms with Crippen molar-refractivity contribution in [2.75, 3.05) is 6.61 Å². The van der Waals surface area contributed by atoms with Crippen molar-refractivity contribution in [2.24, 2.45) is 0 Å². The number of alkyl halides is 3. The molecule has 0 spiro atoms. The molecule has 0 saturated heterocycles. The van der Waals surface area contributed by atoms with E-state index >= 15 is 0 Å². The van der Waals surface area contributed by atoms with Crippen LogP contribution in [0, 0.1) is 0 Å². The van der Waals surface area contributed by atoms with E-state index in [1.807, 2.05) is 0 Å². The van der Waals surface area contributed by atoms with Crippen molar-refractivity contribution in [3.63, 3.8) is 0 Å². The third-order valence-electron chi connectivity index (χ3n) is 4.25.